The van der Waals surface area contributed by atoms with Gasteiger partial charge in [0.25, 0.3) is 11.8 Å². The number of halogens is 1. The van der Waals surface area contributed by atoms with E-state index in [1.165, 1.54) is 0 Å². The Morgan fingerprint density at radius 1 is 1.06 bits per heavy atom. The molecule has 4 amide bonds. The first-order chi connectivity index (χ1) is 14.7. The van der Waals surface area contributed by atoms with Crippen molar-refractivity contribution in [3.05, 3.63) is 82.1 Å². The van der Waals surface area contributed by atoms with Gasteiger partial charge in [0.15, 0.2) is 0 Å². The summed E-state index contributed by atoms with van der Waals surface area (Å²) in [7, 11) is 0. The fraction of sp³-hybridized carbons (Fsp3) is 0.174. The van der Waals surface area contributed by atoms with Crippen molar-refractivity contribution in [2.24, 2.45) is 0 Å². The maximum absolute atomic E-state index is 13.0. The van der Waals surface area contributed by atoms with Gasteiger partial charge in [-0.05, 0) is 62.7 Å². The first-order valence-corrected chi connectivity index (χ1v) is 10.1. The highest BCUT2D eigenvalue weighted by atomic mass is 35.5. The summed E-state index contributed by atoms with van der Waals surface area (Å²) in [4.78, 5) is 36.8. The molecule has 158 valence electrons. The van der Waals surface area contributed by atoms with Crippen molar-refractivity contribution in [1.29, 1.82) is 0 Å². The minimum Gasteiger partial charge on any atom is -0.322 e. The highest BCUT2D eigenvalue weighted by molar-refractivity contribution is 6.30. The third kappa shape index (κ3) is 3.68. The number of rotatable bonds is 4. The van der Waals surface area contributed by atoms with Crippen molar-refractivity contribution in [1.82, 2.24) is 15.2 Å². The number of imide groups is 1. The van der Waals surface area contributed by atoms with Crippen molar-refractivity contribution in [2.75, 3.05) is 5.32 Å². The molecular weight excluding hydrogens is 416 g/mol. The zero-order valence-corrected chi connectivity index (χ0v) is 18.0. The van der Waals surface area contributed by atoms with E-state index in [0.717, 1.165) is 17.1 Å². The SMILES string of the molecule is Cc1cc(C(=O)Nc2cccc(C3(C)NC(=O)NC3=O)c2)c(C)n1-c1cccc(Cl)c1. The molecule has 1 atom stereocenters. The molecule has 0 aliphatic carbocycles. The van der Waals surface area contributed by atoms with Gasteiger partial charge in [-0.1, -0.05) is 29.8 Å². The van der Waals surface area contributed by atoms with Crippen molar-refractivity contribution >= 4 is 35.1 Å². The van der Waals surface area contributed by atoms with E-state index in [4.69, 9.17) is 11.6 Å². The Balaban J connectivity index is 1.62. The Bertz CT molecular complexity index is 1230. The number of hydrogen-bond acceptors (Lipinski definition) is 3. The van der Waals surface area contributed by atoms with Crippen LogP contribution in [0.2, 0.25) is 5.02 Å². The summed E-state index contributed by atoms with van der Waals surface area (Å²) in [5.74, 6) is -0.713. The standard InChI is InChI=1S/C23H21ClN4O3/c1-13-10-19(14(2)28(13)18-9-5-7-16(24)12-18)20(29)25-17-8-4-6-15(11-17)23(3)21(30)26-22(31)27-23/h4-12H,1-3H3,(H,25,29)(H2,26,27,30,31). The van der Waals surface area contributed by atoms with Crippen molar-refractivity contribution in [2.45, 2.75) is 26.3 Å². The second-order valence-corrected chi connectivity index (χ2v) is 8.10. The van der Waals surface area contributed by atoms with Gasteiger partial charge in [-0.3, -0.25) is 14.9 Å². The number of anilines is 1. The lowest BCUT2D eigenvalue weighted by Crippen LogP contribution is -2.40. The molecule has 1 unspecified atom stereocenters. The van der Waals surface area contributed by atoms with Crippen molar-refractivity contribution in [3.63, 3.8) is 0 Å². The van der Waals surface area contributed by atoms with Crippen molar-refractivity contribution in [3.8, 4) is 5.69 Å². The number of nitrogens with one attached hydrogen (secondary N) is 3. The van der Waals surface area contributed by atoms with Gasteiger partial charge in [0, 0.05) is 27.8 Å². The maximum Gasteiger partial charge on any atom is 0.322 e. The zero-order chi connectivity index (χ0) is 22.3. The fourth-order valence-corrected chi connectivity index (χ4v) is 4.04. The molecule has 7 nitrogen and oxygen atoms in total. The Morgan fingerprint density at radius 2 is 1.81 bits per heavy atom. The van der Waals surface area contributed by atoms with E-state index in [1.54, 1.807) is 37.3 Å². The van der Waals surface area contributed by atoms with Gasteiger partial charge in [0.05, 0.1) is 5.56 Å². The number of urea groups is 1. The van der Waals surface area contributed by atoms with Gasteiger partial charge in [0.2, 0.25) is 0 Å². The summed E-state index contributed by atoms with van der Waals surface area (Å²) in [6.07, 6.45) is 0. The second kappa shape index (κ2) is 7.59. The third-order valence-corrected chi connectivity index (χ3v) is 5.72. The monoisotopic (exact) mass is 436 g/mol. The Kier molecular flexibility index (Phi) is 5.07. The molecule has 1 saturated heterocycles. The second-order valence-electron chi connectivity index (χ2n) is 7.67. The van der Waals surface area contributed by atoms with E-state index in [1.807, 2.05) is 42.7 Å². The molecule has 31 heavy (non-hydrogen) atoms. The Labute approximate surface area is 184 Å². The molecule has 1 aromatic heterocycles. The molecule has 8 heteroatoms. The van der Waals surface area contributed by atoms with Crippen LogP contribution in [0.4, 0.5) is 10.5 Å². The van der Waals surface area contributed by atoms with Gasteiger partial charge in [0.1, 0.15) is 5.54 Å². The molecule has 1 aliphatic rings. The average Bonchev–Trinajstić information content (AvgIpc) is 3.16. The van der Waals surface area contributed by atoms with Crippen LogP contribution in [0.5, 0.6) is 0 Å². The number of aryl methyl sites for hydroxylation is 1. The molecule has 0 saturated carbocycles. The van der Waals surface area contributed by atoms with E-state index in [-0.39, 0.29) is 5.91 Å². The summed E-state index contributed by atoms with van der Waals surface area (Å²) in [6.45, 7) is 5.42. The summed E-state index contributed by atoms with van der Waals surface area (Å²) in [6, 6.07) is 15.6. The van der Waals surface area contributed by atoms with E-state index in [0.29, 0.717) is 21.8 Å². The highest BCUT2D eigenvalue weighted by Gasteiger charge is 2.43. The highest BCUT2D eigenvalue weighted by Crippen LogP contribution is 2.28. The van der Waals surface area contributed by atoms with Crippen LogP contribution in [0.25, 0.3) is 5.69 Å². The van der Waals surface area contributed by atoms with Crippen LogP contribution in [-0.2, 0) is 10.3 Å². The molecule has 1 aliphatic heterocycles. The molecule has 0 bridgehead atoms. The number of carbonyl (C=O) groups is 3. The van der Waals surface area contributed by atoms with Crippen LogP contribution in [0.3, 0.4) is 0 Å². The summed E-state index contributed by atoms with van der Waals surface area (Å²) < 4.78 is 1.97. The lowest BCUT2D eigenvalue weighted by Gasteiger charge is -2.21. The molecule has 0 radical (unpaired) electrons. The number of benzene rings is 2. The van der Waals surface area contributed by atoms with Gasteiger partial charge in [-0.2, -0.15) is 0 Å². The fourth-order valence-electron chi connectivity index (χ4n) is 3.86. The Morgan fingerprint density at radius 3 is 2.48 bits per heavy atom. The summed E-state index contributed by atoms with van der Waals surface area (Å²) >= 11 is 6.13. The van der Waals surface area contributed by atoms with Crippen molar-refractivity contribution < 1.29 is 14.4 Å². The summed E-state index contributed by atoms with van der Waals surface area (Å²) in [5.41, 5.74) is 2.98. The minimum absolute atomic E-state index is 0.274. The van der Waals surface area contributed by atoms with Gasteiger partial charge in [-0.15, -0.1) is 0 Å². The molecule has 1 fully saturated rings. The van der Waals surface area contributed by atoms with E-state index in [2.05, 4.69) is 16.0 Å². The van der Waals surface area contributed by atoms with Crippen LogP contribution in [0.1, 0.15) is 34.2 Å². The first-order valence-electron chi connectivity index (χ1n) is 9.69. The van der Waals surface area contributed by atoms with Gasteiger partial charge < -0.3 is 15.2 Å². The van der Waals surface area contributed by atoms with E-state index < -0.39 is 17.5 Å². The predicted octanol–water partition coefficient (Wildman–Crippen LogP) is 4.05. The number of nitrogens with zero attached hydrogens (tertiary/aromatic N) is 1. The van der Waals surface area contributed by atoms with Crippen LogP contribution in [0.15, 0.2) is 54.6 Å². The molecule has 3 N–H and O–H groups in total. The topological polar surface area (TPSA) is 92.2 Å². The lowest BCUT2D eigenvalue weighted by molar-refractivity contribution is -0.123. The Hall–Kier alpha value is -3.58. The number of aromatic nitrogens is 1. The quantitative estimate of drug-likeness (QED) is 0.538. The minimum atomic E-state index is -1.19. The summed E-state index contributed by atoms with van der Waals surface area (Å²) in [5, 5.41) is 8.37. The first kappa shape index (κ1) is 20.7. The molecule has 3 aromatic rings. The lowest BCUT2D eigenvalue weighted by atomic mass is 9.92. The normalized spacial score (nSPS) is 17.9. The molecular formula is C23H21ClN4O3. The molecule has 2 aromatic carbocycles. The van der Waals surface area contributed by atoms with Crippen LogP contribution in [0, 0.1) is 13.8 Å². The number of carbonyl (C=O) groups excluding carboxylic acids is 3. The van der Waals surface area contributed by atoms with Gasteiger partial charge >= 0.3 is 6.03 Å². The molecule has 4 rings (SSSR count). The van der Waals surface area contributed by atoms with Crippen LogP contribution in [-0.4, -0.2) is 22.4 Å². The van der Waals surface area contributed by atoms with E-state index >= 15 is 0 Å². The van der Waals surface area contributed by atoms with Crippen LogP contribution >= 0.6 is 11.6 Å². The molecule has 2 heterocycles. The van der Waals surface area contributed by atoms with E-state index in [9.17, 15) is 14.4 Å². The average molecular weight is 437 g/mol. The van der Waals surface area contributed by atoms with Crippen LogP contribution < -0.4 is 16.0 Å². The third-order valence-electron chi connectivity index (χ3n) is 5.48. The molecule has 0 spiro atoms. The number of amides is 4. The largest absolute Gasteiger partial charge is 0.322 e. The van der Waals surface area contributed by atoms with Gasteiger partial charge in [-0.25, -0.2) is 4.79 Å². The smallest absolute Gasteiger partial charge is 0.322 e. The predicted molar refractivity (Wildman–Crippen MR) is 119 cm³/mol. The maximum atomic E-state index is 13.0. The zero-order valence-electron chi connectivity index (χ0n) is 17.2. The number of hydrogen-bond donors (Lipinski definition) is 3.